The molecule has 0 spiro atoms. The van der Waals surface area contributed by atoms with Crippen molar-refractivity contribution in [1.29, 1.82) is 0 Å². The van der Waals surface area contributed by atoms with Crippen molar-refractivity contribution in [3.8, 4) is 0 Å². The second-order valence-electron chi connectivity index (χ2n) is 5.09. The van der Waals surface area contributed by atoms with Gasteiger partial charge in [0, 0.05) is 24.2 Å². The van der Waals surface area contributed by atoms with E-state index in [1.165, 1.54) is 12.3 Å². The van der Waals surface area contributed by atoms with E-state index in [0.29, 0.717) is 6.42 Å². The third kappa shape index (κ3) is 3.56. The summed E-state index contributed by atoms with van der Waals surface area (Å²) in [6.07, 6.45) is 3.91. The maximum Gasteiger partial charge on any atom is 0.257 e. The standard InChI is InChI=1S/C16H19N3O2/c1-4-13(14-6-5-10(2)8-18-14)19-16(21)12-9-17-11(3)7-15(12)20/h5-9,13H,4H2,1-3H3,(H,17,20)(H,19,21). The molecule has 2 N–H and O–H groups in total. The quantitative estimate of drug-likeness (QED) is 0.905. The van der Waals surface area contributed by atoms with Crippen molar-refractivity contribution in [2.45, 2.75) is 33.2 Å². The second kappa shape index (κ2) is 6.35. The molecule has 1 atom stereocenters. The number of H-pyrrole nitrogens is 1. The van der Waals surface area contributed by atoms with Crippen molar-refractivity contribution >= 4 is 5.91 Å². The van der Waals surface area contributed by atoms with E-state index in [1.54, 1.807) is 13.1 Å². The minimum absolute atomic E-state index is 0.117. The van der Waals surface area contributed by atoms with Crippen LogP contribution >= 0.6 is 0 Å². The van der Waals surface area contributed by atoms with Crippen LogP contribution in [0.2, 0.25) is 0 Å². The normalized spacial score (nSPS) is 12.0. The number of carbonyl (C=O) groups excluding carboxylic acids is 1. The molecule has 2 aromatic heterocycles. The first kappa shape index (κ1) is 15.0. The van der Waals surface area contributed by atoms with Crippen molar-refractivity contribution < 1.29 is 4.79 Å². The first-order valence-corrected chi connectivity index (χ1v) is 6.94. The predicted molar refractivity (Wildman–Crippen MR) is 81.3 cm³/mol. The minimum atomic E-state index is -0.384. The van der Waals surface area contributed by atoms with Gasteiger partial charge in [-0.2, -0.15) is 0 Å². The molecule has 0 fully saturated rings. The van der Waals surface area contributed by atoms with Crippen LogP contribution in [0.15, 0.2) is 35.4 Å². The average Bonchev–Trinajstić information content (AvgIpc) is 2.45. The molecule has 0 saturated heterocycles. The fraction of sp³-hybridized carbons (Fsp3) is 0.312. The van der Waals surface area contributed by atoms with Crippen LogP contribution in [0.1, 0.15) is 46.7 Å². The third-order valence-electron chi connectivity index (χ3n) is 3.31. The molecule has 0 aliphatic carbocycles. The molecule has 110 valence electrons. The van der Waals surface area contributed by atoms with Crippen LogP contribution in [-0.4, -0.2) is 15.9 Å². The molecule has 0 aromatic carbocycles. The summed E-state index contributed by atoms with van der Waals surface area (Å²) in [6, 6.07) is 5.05. The molecular formula is C16H19N3O2. The van der Waals surface area contributed by atoms with Gasteiger partial charge in [0.25, 0.3) is 5.91 Å². The Bertz CT molecular complexity index is 689. The van der Waals surface area contributed by atoms with E-state index < -0.39 is 0 Å². The summed E-state index contributed by atoms with van der Waals surface area (Å²) >= 11 is 0. The van der Waals surface area contributed by atoms with Gasteiger partial charge in [0.1, 0.15) is 5.56 Å². The Labute approximate surface area is 123 Å². The summed E-state index contributed by atoms with van der Waals surface area (Å²) in [7, 11) is 0. The van der Waals surface area contributed by atoms with E-state index >= 15 is 0 Å². The monoisotopic (exact) mass is 285 g/mol. The maximum absolute atomic E-state index is 12.2. The minimum Gasteiger partial charge on any atom is -0.364 e. The summed E-state index contributed by atoms with van der Waals surface area (Å²) in [5, 5.41) is 2.86. The zero-order valence-electron chi connectivity index (χ0n) is 12.4. The highest BCUT2D eigenvalue weighted by Crippen LogP contribution is 2.14. The van der Waals surface area contributed by atoms with Crippen molar-refractivity contribution in [3.63, 3.8) is 0 Å². The number of carbonyl (C=O) groups is 1. The summed E-state index contributed by atoms with van der Waals surface area (Å²) in [4.78, 5) is 31.3. The number of aromatic amines is 1. The number of hydrogen-bond acceptors (Lipinski definition) is 3. The lowest BCUT2D eigenvalue weighted by Crippen LogP contribution is -2.32. The van der Waals surface area contributed by atoms with E-state index in [9.17, 15) is 9.59 Å². The molecule has 2 heterocycles. The molecule has 21 heavy (non-hydrogen) atoms. The zero-order valence-corrected chi connectivity index (χ0v) is 12.4. The SMILES string of the molecule is CCC(NC(=O)c1c[nH]c(C)cc1=O)c1ccc(C)cn1. The summed E-state index contributed by atoms with van der Waals surface area (Å²) < 4.78 is 0. The topological polar surface area (TPSA) is 74.8 Å². The van der Waals surface area contributed by atoms with E-state index in [4.69, 9.17) is 0 Å². The van der Waals surface area contributed by atoms with Crippen molar-refractivity contribution in [2.24, 2.45) is 0 Å². The highest BCUT2D eigenvalue weighted by molar-refractivity contribution is 5.94. The summed E-state index contributed by atoms with van der Waals surface area (Å²) in [5.41, 5.74) is 2.42. The Morgan fingerprint density at radius 1 is 1.38 bits per heavy atom. The van der Waals surface area contributed by atoms with Gasteiger partial charge in [-0.05, 0) is 31.9 Å². The number of amides is 1. The van der Waals surface area contributed by atoms with Gasteiger partial charge in [-0.1, -0.05) is 13.0 Å². The molecule has 2 aromatic rings. The Balaban J connectivity index is 2.20. The number of aromatic nitrogens is 2. The van der Waals surface area contributed by atoms with E-state index in [1.807, 2.05) is 26.0 Å². The highest BCUT2D eigenvalue weighted by atomic mass is 16.2. The lowest BCUT2D eigenvalue weighted by molar-refractivity contribution is 0.0933. The van der Waals surface area contributed by atoms with Gasteiger partial charge in [0.15, 0.2) is 5.43 Å². The molecule has 1 unspecified atom stereocenters. The number of hydrogen-bond donors (Lipinski definition) is 2. The summed E-state index contributed by atoms with van der Waals surface area (Å²) in [5.74, 6) is -0.384. The molecule has 0 saturated carbocycles. The molecule has 1 amide bonds. The van der Waals surface area contributed by atoms with Crippen LogP contribution < -0.4 is 10.7 Å². The van der Waals surface area contributed by atoms with Gasteiger partial charge < -0.3 is 10.3 Å². The first-order chi connectivity index (χ1) is 10.0. The van der Waals surface area contributed by atoms with Crippen molar-refractivity contribution in [2.75, 3.05) is 0 Å². The van der Waals surface area contributed by atoms with Gasteiger partial charge >= 0.3 is 0 Å². The van der Waals surface area contributed by atoms with Gasteiger partial charge in [0.05, 0.1) is 11.7 Å². The molecule has 0 radical (unpaired) electrons. The number of aryl methyl sites for hydroxylation is 2. The Hall–Kier alpha value is -2.43. The van der Waals surface area contributed by atoms with E-state index in [0.717, 1.165) is 17.0 Å². The zero-order chi connectivity index (χ0) is 15.4. The fourth-order valence-electron chi connectivity index (χ4n) is 2.06. The Kier molecular flexibility index (Phi) is 4.52. The number of nitrogens with zero attached hydrogens (tertiary/aromatic N) is 1. The molecule has 5 heteroatoms. The van der Waals surface area contributed by atoms with Gasteiger partial charge in [-0.25, -0.2) is 0 Å². The van der Waals surface area contributed by atoms with Gasteiger partial charge in [-0.3, -0.25) is 14.6 Å². The fourth-order valence-corrected chi connectivity index (χ4v) is 2.06. The number of rotatable bonds is 4. The van der Waals surface area contributed by atoms with Crippen LogP contribution in [0.4, 0.5) is 0 Å². The lowest BCUT2D eigenvalue weighted by Gasteiger charge is -2.16. The first-order valence-electron chi connectivity index (χ1n) is 6.94. The smallest absolute Gasteiger partial charge is 0.257 e. The maximum atomic E-state index is 12.2. The van der Waals surface area contributed by atoms with Crippen LogP contribution in [0, 0.1) is 13.8 Å². The van der Waals surface area contributed by atoms with Crippen LogP contribution in [0.5, 0.6) is 0 Å². The van der Waals surface area contributed by atoms with Crippen LogP contribution in [0.25, 0.3) is 0 Å². The molecule has 0 bridgehead atoms. The Morgan fingerprint density at radius 2 is 2.14 bits per heavy atom. The summed E-state index contributed by atoms with van der Waals surface area (Å²) in [6.45, 7) is 5.70. The van der Waals surface area contributed by atoms with Crippen LogP contribution in [-0.2, 0) is 0 Å². The molecule has 2 rings (SSSR count). The highest BCUT2D eigenvalue weighted by Gasteiger charge is 2.17. The van der Waals surface area contributed by atoms with E-state index in [2.05, 4.69) is 15.3 Å². The number of pyridine rings is 2. The van der Waals surface area contributed by atoms with E-state index in [-0.39, 0.29) is 22.9 Å². The molecule has 0 aliphatic heterocycles. The van der Waals surface area contributed by atoms with Crippen LogP contribution in [0.3, 0.4) is 0 Å². The lowest BCUT2D eigenvalue weighted by atomic mass is 10.1. The van der Waals surface area contributed by atoms with Gasteiger partial charge in [-0.15, -0.1) is 0 Å². The average molecular weight is 285 g/mol. The third-order valence-corrected chi connectivity index (χ3v) is 3.31. The molecular weight excluding hydrogens is 266 g/mol. The Morgan fingerprint density at radius 3 is 2.71 bits per heavy atom. The van der Waals surface area contributed by atoms with Gasteiger partial charge in [0.2, 0.25) is 0 Å². The second-order valence-corrected chi connectivity index (χ2v) is 5.09. The van der Waals surface area contributed by atoms with Crippen molar-refractivity contribution in [3.05, 3.63) is 63.3 Å². The number of nitrogens with one attached hydrogen (secondary N) is 2. The molecule has 0 aliphatic rings. The molecule has 5 nitrogen and oxygen atoms in total. The largest absolute Gasteiger partial charge is 0.364 e. The van der Waals surface area contributed by atoms with Crippen molar-refractivity contribution in [1.82, 2.24) is 15.3 Å². The predicted octanol–water partition coefficient (Wildman–Crippen LogP) is 2.27.